The Balaban J connectivity index is 1.72. The molecule has 0 aliphatic carbocycles. The molecule has 1 saturated heterocycles. The number of hydrogen-bond donors (Lipinski definition) is 3. The molecule has 0 bridgehead atoms. The van der Waals surface area contributed by atoms with Gasteiger partial charge in [0.15, 0.2) is 0 Å². The maximum atomic E-state index is 13.2. The molecule has 10 nitrogen and oxygen atoms in total. The zero-order valence-corrected chi connectivity index (χ0v) is 22.7. The number of carbonyl (C=O) groups excluding carboxylic acids is 4. The Hall–Kier alpha value is -4.08. The molecular weight excluding hydrogens is 488 g/mol. The van der Waals surface area contributed by atoms with Crippen LogP contribution < -0.4 is 20.9 Å². The molecule has 2 aromatic rings. The molecule has 38 heavy (non-hydrogen) atoms. The second-order valence-electron chi connectivity index (χ2n) is 11.0. The van der Waals surface area contributed by atoms with Crippen molar-refractivity contribution in [2.45, 2.75) is 65.2 Å². The Kier molecular flexibility index (Phi) is 8.65. The predicted octanol–water partition coefficient (Wildman–Crippen LogP) is 4.25. The van der Waals surface area contributed by atoms with Gasteiger partial charge in [-0.1, -0.05) is 12.1 Å². The number of esters is 1. The van der Waals surface area contributed by atoms with Crippen molar-refractivity contribution >= 4 is 35.4 Å². The average Bonchev–Trinajstić information content (AvgIpc) is 3.23. The number of ether oxygens (including phenoxy) is 2. The summed E-state index contributed by atoms with van der Waals surface area (Å²) >= 11 is 0. The largest absolute Gasteiger partial charge is 0.456 e. The van der Waals surface area contributed by atoms with E-state index in [-0.39, 0.29) is 12.5 Å². The highest BCUT2D eigenvalue weighted by Gasteiger charge is 2.26. The molecule has 10 heteroatoms. The van der Waals surface area contributed by atoms with Crippen LogP contribution in [-0.4, -0.2) is 54.3 Å². The quantitative estimate of drug-likeness (QED) is 0.465. The zero-order valence-electron chi connectivity index (χ0n) is 22.7. The lowest BCUT2D eigenvalue weighted by molar-refractivity contribution is -0.118. The molecule has 204 valence electrons. The summed E-state index contributed by atoms with van der Waals surface area (Å²) in [5.74, 6) is -0.918. The van der Waals surface area contributed by atoms with Gasteiger partial charge in [-0.05, 0) is 83.5 Å². The summed E-state index contributed by atoms with van der Waals surface area (Å²) in [5, 5.41) is 8.20. The van der Waals surface area contributed by atoms with E-state index in [1.165, 1.54) is 0 Å². The summed E-state index contributed by atoms with van der Waals surface area (Å²) in [7, 11) is 0. The molecule has 3 rings (SSSR count). The standard InChI is InChI=1S/C28H36N4O6/c1-27(2,3)37-24(34)19-9-11-20(12-10-19)30-23(33)22(31-26(36)38-28(4,5)6)17-18-7-13-21(14-8-18)32-16-15-29-25(32)35/h7-14,22H,15-17H2,1-6H3,(H,29,35)(H,30,33)(H,31,36). The van der Waals surface area contributed by atoms with E-state index >= 15 is 0 Å². The van der Waals surface area contributed by atoms with Crippen LogP contribution in [0.3, 0.4) is 0 Å². The highest BCUT2D eigenvalue weighted by molar-refractivity contribution is 5.97. The Morgan fingerprint density at radius 2 is 1.53 bits per heavy atom. The fourth-order valence-electron chi connectivity index (χ4n) is 3.68. The molecule has 1 aliphatic rings. The highest BCUT2D eigenvalue weighted by atomic mass is 16.6. The van der Waals surface area contributed by atoms with E-state index in [1.54, 1.807) is 82.8 Å². The SMILES string of the molecule is CC(C)(C)OC(=O)NC(Cc1ccc(N2CCNC2=O)cc1)C(=O)Nc1ccc(C(=O)OC(C)(C)C)cc1. The number of rotatable bonds is 7. The minimum atomic E-state index is -0.948. The molecule has 0 saturated carbocycles. The molecule has 4 amide bonds. The van der Waals surface area contributed by atoms with Crippen molar-refractivity contribution in [2.75, 3.05) is 23.3 Å². The molecule has 0 aromatic heterocycles. The van der Waals surface area contributed by atoms with Gasteiger partial charge in [-0.3, -0.25) is 9.69 Å². The van der Waals surface area contributed by atoms with Crippen molar-refractivity contribution in [1.82, 2.24) is 10.6 Å². The molecule has 1 heterocycles. The first kappa shape index (κ1) is 28.5. The summed E-state index contributed by atoms with van der Waals surface area (Å²) in [6.07, 6.45) is -0.531. The van der Waals surface area contributed by atoms with E-state index < -0.39 is 35.2 Å². The van der Waals surface area contributed by atoms with Crippen LogP contribution in [-0.2, 0) is 20.7 Å². The van der Waals surface area contributed by atoms with Crippen LogP contribution in [0.5, 0.6) is 0 Å². The average molecular weight is 525 g/mol. The van der Waals surface area contributed by atoms with E-state index in [1.807, 2.05) is 12.1 Å². The monoisotopic (exact) mass is 524 g/mol. The third kappa shape index (κ3) is 8.50. The Morgan fingerprint density at radius 1 is 0.921 bits per heavy atom. The van der Waals surface area contributed by atoms with E-state index in [9.17, 15) is 19.2 Å². The maximum absolute atomic E-state index is 13.2. The fourth-order valence-corrected chi connectivity index (χ4v) is 3.68. The molecule has 0 radical (unpaired) electrons. The number of benzene rings is 2. The summed E-state index contributed by atoms with van der Waals surface area (Å²) in [6, 6.07) is 12.4. The van der Waals surface area contributed by atoms with Crippen molar-refractivity contribution in [2.24, 2.45) is 0 Å². The minimum absolute atomic E-state index is 0.153. The number of urea groups is 1. The van der Waals surface area contributed by atoms with Gasteiger partial charge in [0.1, 0.15) is 17.2 Å². The second kappa shape index (κ2) is 11.5. The molecule has 3 N–H and O–H groups in total. The summed E-state index contributed by atoms with van der Waals surface area (Å²) in [5.41, 5.74) is 0.978. The first-order valence-electron chi connectivity index (χ1n) is 12.5. The van der Waals surface area contributed by atoms with Crippen LogP contribution in [0.25, 0.3) is 0 Å². The zero-order chi connectivity index (χ0) is 28.1. The van der Waals surface area contributed by atoms with Gasteiger partial charge in [-0.15, -0.1) is 0 Å². The van der Waals surface area contributed by atoms with Crippen molar-refractivity contribution in [3.05, 3.63) is 59.7 Å². The van der Waals surface area contributed by atoms with Crippen molar-refractivity contribution in [3.63, 3.8) is 0 Å². The Labute approximate surface area is 223 Å². The number of anilines is 2. The van der Waals surface area contributed by atoms with Crippen LogP contribution in [0, 0.1) is 0 Å². The van der Waals surface area contributed by atoms with Crippen molar-refractivity contribution < 1.29 is 28.7 Å². The van der Waals surface area contributed by atoms with Gasteiger partial charge < -0.3 is 25.4 Å². The number of carbonyl (C=O) groups is 4. The lowest BCUT2D eigenvalue weighted by Crippen LogP contribution is -2.47. The lowest BCUT2D eigenvalue weighted by atomic mass is 10.0. The highest BCUT2D eigenvalue weighted by Crippen LogP contribution is 2.19. The van der Waals surface area contributed by atoms with Gasteiger partial charge in [-0.2, -0.15) is 0 Å². The lowest BCUT2D eigenvalue weighted by Gasteiger charge is -2.24. The van der Waals surface area contributed by atoms with E-state index in [4.69, 9.17) is 9.47 Å². The maximum Gasteiger partial charge on any atom is 0.408 e. The minimum Gasteiger partial charge on any atom is -0.456 e. The van der Waals surface area contributed by atoms with Crippen LogP contribution in [0.15, 0.2) is 48.5 Å². The molecule has 1 unspecified atom stereocenters. The van der Waals surface area contributed by atoms with Gasteiger partial charge in [0.2, 0.25) is 5.91 Å². The molecule has 2 aromatic carbocycles. The van der Waals surface area contributed by atoms with E-state index in [0.717, 1.165) is 11.3 Å². The van der Waals surface area contributed by atoms with Crippen molar-refractivity contribution in [3.8, 4) is 0 Å². The normalized spacial score (nSPS) is 14.4. The first-order valence-corrected chi connectivity index (χ1v) is 12.5. The summed E-state index contributed by atoms with van der Waals surface area (Å²) < 4.78 is 10.7. The Bertz CT molecular complexity index is 1160. The third-order valence-corrected chi connectivity index (χ3v) is 5.34. The third-order valence-electron chi connectivity index (χ3n) is 5.34. The predicted molar refractivity (Wildman–Crippen MR) is 144 cm³/mol. The van der Waals surface area contributed by atoms with Crippen LogP contribution >= 0.6 is 0 Å². The van der Waals surface area contributed by atoms with Crippen LogP contribution in [0.1, 0.15) is 57.5 Å². The molecule has 1 atom stereocenters. The van der Waals surface area contributed by atoms with Crippen LogP contribution in [0.4, 0.5) is 21.0 Å². The topological polar surface area (TPSA) is 126 Å². The summed E-state index contributed by atoms with van der Waals surface area (Å²) in [6.45, 7) is 11.7. The van der Waals surface area contributed by atoms with E-state index in [2.05, 4.69) is 16.0 Å². The van der Waals surface area contributed by atoms with Gasteiger partial charge >= 0.3 is 18.1 Å². The first-order chi connectivity index (χ1) is 17.7. The fraction of sp³-hybridized carbons (Fsp3) is 0.429. The number of amides is 4. The Morgan fingerprint density at radius 3 is 2.05 bits per heavy atom. The van der Waals surface area contributed by atoms with Gasteiger partial charge in [0.05, 0.1) is 5.56 Å². The number of nitrogens with one attached hydrogen (secondary N) is 3. The molecule has 1 fully saturated rings. The molecule has 0 spiro atoms. The van der Waals surface area contributed by atoms with Crippen molar-refractivity contribution in [1.29, 1.82) is 0 Å². The van der Waals surface area contributed by atoms with Crippen LogP contribution in [0.2, 0.25) is 0 Å². The molecule has 1 aliphatic heterocycles. The van der Waals surface area contributed by atoms with Gasteiger partial charge in [-0.25, -0.2) is 14.4 Å². The summed E-state index contributed by atoms with van der Waals surface area (Å²) in [4.78, 5) is 51.5. The number of alkyl carbamates (subject to hydrolysis) is 1. The van der Waals surface area contributed by atoms with Gasteiger partial charge in [0.25, 0.3) is 0 Å². The molecular formula is C28H36N4O6. The number of hydrogen-bond acceptors (Lipinski definition) is 6. The number of nitrogens with zero attached hydrogens (tertiary/aromatic N) is 1. The smallest absolute Gasteiger partial charge is 0.408 e. The van der Waals surface area contributed by atoms with E-state index in [0.29, 0.717) is 24.3 Å². The second-order valence-corrected chi connectivity index (χ2v) is 11.0. The van der Waals surface area contributed by atoms with Gasteiger partial charge in [0, 0.05) is 30.9 Å².